The van der Waals surface area contributed by atoms with Gasteiger partial charge in [0.15, 0.2) is 0 Å². The van der Waals surface area contributed by atoms with Gasteiger partial charge >= 0.3 is 0 Å². The Kier molecular flexibility index (Phi) is 6.75. The van der Waals surface area contributed by atoms with E-state index in [0.717, 1.165) is 11.0 Å². The van der Waals surface area contributed by atoms with Crippen molar-refractivity contribution in [1.29, 1.82) is 0 Å². The molecule has 1 N–H and O–H groups in total. The van der Waals surface area contributed by atoms with Crippen LogP contribution in [0.15, 0.2) is 27.6 Å². The quantitative estimate of drug-likeness (QED) is 0.714. The van der Waals surface area contributed by atoms with Gasteiger partial charge in [0.05, 0.1) is 0 Å². The third-order valence-electron chi connectivity index (χ3n) is 3.20. The summed E-state index contributed by atoms with van der Waals surface area (Å²) >= 11 is 5.55. The Morgan fingerprint density at radius 1 is 1.22 bits per heavy atom. The molecule has 0 aliphatic carbocycles. The molecule has 1 aromatic rings. The van der Waals surface area contributed by atoms with Gasteiger partial charge in [-0.05, 0) is 43.1 Å². The number of halogens is 1. The molecule has 1 rings (SSSR count). The second-order valence-corrected chi connectivity index (χ2v) is 7.36. The monoisotopic (exact) mass is 329 g/mol. The van der Waals surface area contributed by atoms with Crippen LogP contribution in [0.1, 0.15) is 46.2 Å². The summed E-state index contributed by atoms with van der Waals surface area (Å²) in [6.45, 7) is 12.2. The highest BCUT2D eigenvalue weighted by molar-refractivity contribution is 9.10. The minimum atomic E-state index is 0.398. The molecule has 2 unspecified atom stereocenters. The lowest BCUT2D eigenvalue weighted by Crippen LogP contribution is -2.18. The van der Waals surface area contributed by atoms with Gasteiger partial charge in [-0.3, -0.25) is 0 Å². The second-order valence-electron chi connectivity index (χ2n) is 5.03. The van der Waals surface area contributed by atoms with Crippen molar-refractivity contribution in [3.8, 4) is 0 Å². The number of hydrogen-bond donors (Lipinski definition) is 1. The third kappa shape index (κ3) is 4.60. The third-order valence-corrected chi connectivity index (χ3v) is 5.24. The van der Waals surface area contributed by atoms with Crippen molar-refractivity contribution in [1.82, 2.24) is 5.32 Å². The molecular formula is C15H24BrNS. The first-order valence-electron chi connectivity index (χ1n) is 6.65. The topological polar surface area (TPSA) is 12.0 Å². The van der Waals surface area contributed by atoms with Gasteiger partial charge in [-0.1, -0.05) is 43.6 Å². The highest BCUT2D eigenvalue weighted by atomic mass is 79.9. The van der Waals surface area contributed by atoms with Gasteiger partial charge in [0, 0.05) is 20.7 Å². The van der Waals surface area contributed by atoms with E-state index in [4.69, 9.17) is 0 Å². The number of hydrogen-bond acceptors (Lipinski definition) is 2. The van der Waals surface area contributed by atoms with E-state index in [1.165, 1.54) is 10.5 Å². The maximum atomic E-state index is 3.57. The second kappa shape index (κ2) is 7.56. The van der Waals surface area contributed by atoms with E-state index in [-0.39, 0.29) is 0 Å². The first-order chi connectivity index (χ1) is 8.45. The van der Waals surface area contributed by atoms with Gasteiger partial charge < -0.3 is 5.32 Å². The Morgan fingerprint density at radius 3 is 2.44 bits per heavy atom. The van der Waals surface area contributed by atoms with Gasteiger partial charge in [-0.2, -0.15) is 0 Å². The van der Waals surface area contributed by atoms with Crippen LogP contribution in [0, 0.1) is 5.92 Å². The zero-order chi connectivity index (χ0) is 13.7. The Hall–Kier alpha value is 0.01000. The number of benzene rings is 1. The fourth-order valence-corrected chi connectivity index (χ4v) is 3.29. The minimum Gasteiger partial charge on any atom is -0.310 e. The average molecular weight is 330 g/mol. The van der Waals surface area contributed by atoms with Gasteiger partial charge in [0.25, 0.3) is 0 Å². The highest BCUT2D eigenvalue weighted by Gasteiger charge is 2.15. The summed E-state index contributed by atoms with van der Waals surface area (Å²) in [7, 11) is 0. The molecule has 0 spiro atoms. The van der Waals surface area contributed by atoms with Crippen LogP contribution in [0.25, 0.3) is 0 Å². The van der Waals surface area contributed by atoms with Crippen LogP contribution in [0.5, 0.6) is 0 Å². The molecule has 0 saturated heterocycles. The first-order valence-corrected chi connectivity index (χ1v) is 8.32. The molecule has 1 nitrogen and oxygen atoms in total. The van der Waals surface area contributed by atoms with Crippen LogP contribution in [0.4, 0.5) is 0 Å². The van der Waals surface area contributed by atoms with Gasteiger partial charge in [-0.15, -0.1) is 11.8 Å². The van der Waals surface area contributed by atoms with E-state index in [0.29, 0.717) is 17.2 Å². The SMILES string of the molecule is CCNC(C)c1cc(Br)ccc1SC(C)C(C)C. The Balaban J connectivity index is 2.96. The Morgan fingerprint density at radius 2 is 1.89 bits per heavy atom. The lowest BCUT2D eigenvalue weighted by Gasteiger charge is -2.21. The van der Waals surface area contributed by atoms with E-state index in [1.54, 1.807) is 0 Å². The maximum absolute atomic E-state index is 3.57. The van der Waals surface area contributed by atoms with Gasteiger partial charge in [0.1, 0.15) is 0 Å². The van der Waals surface area contributed by atoms with Crippen molar-refractivity contribution in [3.63, 3.8) is 0 Å². The molecule has 0 saturated carbocycles. The molecular weight excluding hydrogens is 306 g/mol. The van der Waals surface area contributed by atoms with Crippen LogP contribution in [0.3, 0.4) is 0 Å². The van der Waals surface area contributed by atoms with Crippen LogP contribution >= 0.6 is 27.7 Å². The maximum Gasteiger partial charge on any atom is 0.0303 e. The smallest absolute Gasteiger partial charge is 0.0303 e. The molecule has 1 aromatic carbocycles. The molecule has 0 bridgehead atoms. The number of nitrogens with one attached hydrogen (secondary N) is 1. The van der Waals surface area contributed by atoms with Crippen LogP contribution in [0.2, 0.25) is 0 Å². The minimum absolute atomic E-state index is 0.398. The van der Waals surface area contributed by atoms with Crippen molar-refractivity contribution >= 4 is 27.7 Å². The first kappa shape index (κ1) is 16.1. The van der Waals surface area contributed by atoms with Gasteiger partial charge in [0.2, 0.25) is 0 Å². The van der Waals surface area contributed by atoms with E-state index in [1.807, 2.05) is 11.8 Å². The van der Waals surface area contributed by atoms with E-state index >= 15 is 0 Å². The Labute approximate surface area is 124 Å². The Bertz CT molecular complexity index is 379. The fraction of sp³-hybridized carbons (Fsp3) is 0.600. The molecule has 0 aromatic heterocycles. The summed E-state index contributed by atoms with van der Waals surface area (Å²) in [5.74, 6) is 0.695. The van der Waals surface area contributed by atoms with Crippen molar-refractivity contribution in [2.24, 2.45) is 5.92 Å². The standard InChI is InChI=1S/C15H24BrNS/c1-6-17-11(4)14-9-13(16)7-8-15(14)18-12(5)10(2)3/h7-12,17H,6H2,1-5H3. The van der Waals surface area contributed by atoms with Crippen molar-refractivity contribution in [2.45, 2.75) is 50.8 Å². The molecule has 0 fully saturated rings. The number of rotatable bonds is 6. The number of thioether (sulfide) groups is 1. The molecule has 0 amide bonds. The predicted octanol–water partition coefficient (Wildman–Crippen LogP) is 5.26. The molecule has 2 atom stereocenters. The molecule has 18 heavy (non-hydrogen) atoms. The van der Waals surface area contributed by atoms with Crippen LogP contribution in [-0.2, 0) is 0 Å². The lowest BCUT2D eigenvalue weighted by atomic mass is 10.1. The fourth-order valence-electron chi connectivity index (χ4n) is 1.72. The zero-order valence-corrected chi connectivity index (χ0v) is 14.4. The average Bonchev–Trinajstić information content (AvgIpc) is 2.31. The summed E-state index contributed by atoms with van der Waals surface area (Å²) in [6.07, 6.45) is 0. The molecule has 0 aliphatic rings. The molecule has 102 valence electrons. The summed E-state index contributed by atoms with van der Waals surface area (Å²) in [5, 5.41) is 4.14. The van der Waals surface area contributed by atoms with Crippen LogP contribution in [-0.4, -0.2) is 11.8 Å². The normalized spacial score (nSPS) is 14.8. The van der Waals surface area contributed by atoms with Crippen LogP contribution < -0.4 is 5.32 Å². The van der Waals surface area contributed by atoms with Crippen molar-refractivity contribution in [2.75, 3.05) is 6.54 Å². The zero-order valence-electron chi connectivity index (χ0n) is 12.0. The summed E-state index contributed by atoms with van der Waals surface area (Å²) in [5.41, 5.74) is 1.39. The van der Waals surface area contributed by atoms with E-state index < -0.39 is 0 Å². The largest absolute Gasteiger partial charge is 0.310 e. The summed E-state index contributed by atoms with van der Waals surface area (Å²) < 4.78 is 1.16. The van der Waals surface area contributed by atoms with E-state index in [2.05, 4.69) is 74.1 Å². The van der Waals surface area contributed by atoms with Gasteiger partial charge in [-0.25, -0.2) is 0 Å². The predicted molar refractivity (Wildman–Crippen MR) is 86.4 cm³/mol. The van der Waals surface area contributed by atoms with Crippen molar-refractivity contribution < 1.29 is 0 Å². The molecule has 0 aliphatic heterocycles. The highest BCUT2D eigenvalue weighted by Crippen LogP contribution is 2.34. The lowest BCUT2D eigenvalue weighted by molar-refractivity contribution is 0.588. The summed E-state index contributed by atoms with van der Waals surface area (Å²) in [6, 6.07) is 7.01. The van der Waals surface area contributed by atoms with E-state index in [9.17, 15) is 0 Å². The molecule has 3 heteroatoms. The van der Waals surface area contributed by atoms with Crippen molar-refractivity contribution in [3.05, 3.63) is 28.2 Å². The summed E-state index contributed by atoms with van der Waals surface area (Å²) in [4.78, 5) is 1.40. The molecule has 0 heterocycles. The molecule has 0 radical (unpaired) electrons.